The Bertz CT molecular complexity index is 170. The minimum atomic E-state index is -5.72. The lowest BCUT2D eigenvalue weighted by molar-refractivity contribution is -0.254. The summed E-state index contributed by atoms with van der Waals surface area (Å²) >= 11 is 0. The number of aliphatic hydroxyl groups excluding tert-OH is 1. The summed E-state index contributed by atoms with van der Waals surface area (Å²) in [6.45, 7) is 0. The highest BCUT2D eigenvalue weighted by atomic mass is 19.4. The van der Waals surface area contributed by atoms with Gasteiger partial charge in [-0.3, -0.25) is 0 Å². The van der Waals surface area contributed by atoms with Crippen LogP contribution in [0.3, 0.4) is 0 Å². The summed E-state index contributed by atoms with van der Waals surface area (Å²) in [5.74, 6) is -4.81. The number of hydrogen-bond donors (Lipinski definition) is 1. The van der Waals surface area contributed by atoms with E-state index in [1.54, 1.807) is 0 Å². The van der Waals surface area contributed by atoms with E-state index >= 15 is 0 Å². The molecule has 0 heterocycles. The van der Waals surface area contributed by atoms with E-state index in [4.69, 9.17) is 5.11 Å². The highest BCUT2D eigenvalue weighted by Gasteiger charge is 2.56. The van der Waals surface area contributed by atoms with Gasteiger partial charge in [-0.05, 0) is 0 Å². The van der Waals surface area contributed by atoms with E-state index in [2.05, 4.69) is 0 Å². The molecule has 0 unspecified atom stereocenters. The quantitative estimate of drug-likeness (QED) is 0.420. The van der Waals surface area contributed by atoms with Crippen molar-refractivity contribution in [3.8, 4) is 12.0 Å². The average molecular weight is 160 g/mol. The van der Waals surface area contributed by atoms with Crippen molar-refractivity contribution >= 4 is 0 Å². The van der Waals surface area contributed by atoms with E-state index in [1.807, 2.05) is 0 Å². The third kappa shape index (κ3) is 1.76. The first-order valence-corrected chi connectivity index (χ1v) is 1.92. The number of hydrogen-bond acceptors (Lipinski definition) is 1. The fraction of sp³-hybridized carbons (Fsp3) is 0.500. The molecule has 0 aliphatic heterocycles. The fourth-order valence-corrected chi connectivity index (χ4v) is 0.141. The molecule has 0 aromatic carbocycles. The van der Waals surface area contributed by atoms with Gasteiger partial charge in [-0.1, -0.05) is 0 Å². The van der Waals surface area contributed by atoms with Gasteiger partial charge in [0.15, 0.2) is 0 Å². The van der Waals surface area contributed by atoms with E-state index in [-0.39, 0.29) is 0 Å². The summed E-state index contributed by atoms with van der Waals surface area (Å²) in [5.41, 5.74) is 0. The van der Waals surface area contributed by atoms with Crippen LogP contribution < -0.4 is 0 Å². The van der Waals surface area contributed by atoms with E-state index in [1.165, 1.54) is 0 Å². The summed E-state index contributed by atoms with van der Waals surface area (Å²) in [6, 6.07) is 0. The molecule has 0 atom stereocenters. The van der Waals surface area contributed by atoms with E-state index in [0.717, 1.165) is 0 Å². The molecule has 0 aromatic rings. The molecule has 0 aromatic heterocycles. The Kier molecular flexibility index (Phi) is 2.10. The predicted octanol–water partition coefficient (Wildman–Crippen LogP) is 1.52. The molecule has 0 bridgehead atoms. The van der Waals surface area contributed by atoms with Crippen LogP contribution in [-0.4, -0.2) is 17.2 Å². The van der Waals surface area contributed by atoms with Gasteiger partial charge in [0, 0.05) is 5.92 Å². The molecule has 0 spiro atoms. The van der Waals surface area contributed by atoms with Crippen LogP contribution in [0.2, 0.25) is 0 Å². The Labute approximate surface area is 52.5 Å². The van der Waals surface area contributed by atoms with Crippen LogP contribution in [0, 0.1) is 12.0 Å². The van der Waals surface area contributed by atoms with Gasteiger partial charge in [0.1, 0.15) is 6.11 Å². The largest absolute Gasteiger partial charge is 0.466 e. The van der Waals surface area contributed by atoms with E-state index in [9.17, 15) is 22.0 Å². The molecule has 1 N–H and O–H groups in total. The maximum atomic E-state index is 11.5. The lowest BCUT2D eigenvalue weighted by atomic mass is 10.3. The van der Waals surface area contributed by atoms with Crippen LogP contribution in [0.1, 0.15) is 0 Å². The normalized spacial score (nSPS) is 12.1. The summed E-state index contributed by atoms with van der Waals surface area (Å²) in [6.07, 6.45) is -5.22. The van der Waals surface area contributed by atoms with Crippen molar-refractivity contribution in [3.05, 3.63) is 0 Å². The molecule has 0 amide bonds. The summed E-state index contributed by atoms with van der Waals surface area (Å²) in [7, 11) is 0. The van der Waals surface area contributed by atoms with Crippen LogP contribution in [0.25, 0.3) is 0 Å². The highest BCUT2D eigenvalue weighted by Crippen LogP contribution is 2.34. The number of rotatable bonds is 0. The van der Waals surface area contributed by atoms with Crippen molar-refractivity contribution in [2.45, 2.75) is 12.1 Å². The highest BCUT2D eigenvalue weighted by molar-refractivity contribution is 5.07. The smallest absolute Gasteiger partial charge is 0.462 e. The molecule has 58 valence electrons. The first kappa shape index (κ1) is 9.01. The van der Waals surface area contributed by atoms with Gasteiger partial charge in [-0.25, -0.2) is 0 Å². The van der Waals surface area contributed by atoms with Crippen molar-refractivity contribution in [2.75, 3.05) is 0 Å². The van der Waals surface area contributed by atoms with E-state index < -0.39 is 12.1 Å². The molecule has 0 radical (unpaired) electrons. The summed E-state index contributed by atoms with van der Waals surface area (Å²) in [5, 5.41) is 7.42. The monoisotopic (exact) mass is 160 g/mol. The molecule has 0 aliphatic rings. The zero-order chi connectivity index (χ0) is 8.41. The van der Waals surface area contributed by atoms with Crippen LogP contribution >= 0.6 is 0 Å². The van der Waals surface area contributed by atoms with Gasteiger partial charge in [-0.2, -0.15) is 22.0 Å². The zero-order valence-corrected chi connectivity index (χ0v) is 4.34. The van der Waals surface area contributed by atoms with Crippen LogP contribution in [0.4, 0.5) is 22.0 Å². The van der Waals surface area contributed by atoms with Crippen molar-refractivity contribution in [3.63, 3.8) is 0 Å². The van der Waals surface area contributed by atoms with Crippen molar-refractivity contribution in [1.29, 1.82) is 0 Å². The molecule has 0 rings (SSSR count). The number of alkyl halides is 5. The van der Waals surface area contributed by atoms with Gasteiger partial charge >= 0.3 is 12.1 Å². The second-order valence-electron chi connectivity index (χ2n) is 1.31. The molecule has 0 saturated heterocycles. The summed E-state index contributed by atoms with van der Waals surface area (Å²) in [4.78, 5) is 0. The molecule has 0 saturated carbocycles. The number of halogens is 5. The zero-order valence-electron chi connectivity index (χ0n) is 4.34. The van der Waals surface area contributed by atoms with Crippen molar-refractivity contribution < 1.29 is 27.1 Å². The second-order valence-corrected chi connectivity index (χ2v) is 1.31. The van der Waals surface area contributed by atoms with E-state index in [0.29, 0.717) is 12.0 Å². The lowest BCUT2D eigenvalue weighted by Gasteiger charge is -2.11. The third-order valence-corrected chi connectivity index (χ3v) is 0.569. The maximum Gasteiger partial charge on any atom is 0.466 e. The molecular weight excluding hydrogens is 159 g/mol. The topological polar surface area (TPSA) is 20.2 Å². The Balaban J connectivity index is 4.51. The fourth-order valence-electron chi connectivity index (χ4n) is 0.141. The first-order valence-electron chi connectivity index (χ1n) is 1.92. The minimum absolute atomic E-state index is 0.309. The summed E-state index contributed by atoms with van der Waals surface area (Å²) < 4.78 is 56.1. The standard InChI is InChI=1S/C4HF5O/c5-3(6,1-2-10)4(7,8)9/h10H. The molecule has 0 fully saturated rings. The van der Waals surface area contributed by atoms with Gasteiger partial charge in [-0.15, -0.1) is 0 Å². The van der Waals surface area contributed by atoms with Gasteiger partial charge < -0.3 is 5.11 Å². The number of aliphatic hydroxyl groups is 1. The Hall–Kier alpha value is -0.990. The third-order valence-electron chi connectivity index (χ3n) is 0.569. The second kappa shape index (κ2) is 2.33. The molecule has 0 aliphatic carbocycles. The molecule has 1 nitrogen and oxygen atoms in total. The van der Waals surface area contributed by atoms with Gasteiger partial charge in [0.25, 0.3) is 0 Å². The molecule has 10 heavy (non-hydrogen) atoms. The first-order chi connectivity index (χ1) is 4.31. The molecular formula is C4HF5O. The van der Waals surface area contributed by atoms with Crippen molar-refractivity contribution in [1.82, 2.24) is 0 Å². The predicted molar refractivity (Wildman–Crippen MR) is 20.7 cm³/mol. The van der Waals surface area contributed by atoms with Crippen LogP contribution in [0.15, 0.2) is 0 Å². The Morgan fingerprint density at radius 1 is 1.00 bits per heavy atom. The lowest BCUT2D eigenvalue weighted by Crippen LogP contribution is -2.34. The van der Waals surface area contributed by atoms with Crippen molar-refractivity contribution in [2.24, 2.45) is 0 Å². The maximum absolute atomic E-state index is 11.5. The van der Waals surface area contributed by atoms with Crippen LogP contribution in [-0.2, 0) is 0 Å². The van der Waals surface area contributed by atoms with Gasteiger partial charge in [0.2, 0.25) is 0 Å². The van der Waals surface area contributed by atoms with Crippen LogP contribution in [0.5, 0.6) is 0 Å². The average Bonchev–Trinajstić information content (AvgIpc) is 1.61. The SMILES string of the molecule is OC#CC(F)(F)C(F)(F)F. The Morgan fingerprint density at radius 2 is 1.40 bits per heavy atom. The Morgan fingerprint density at radius 3 is 1.50 bits per heavy atom. The minimum Gasteiger partial charge on any atom is -0.462 e. The molecule has 6 heteroatoms. The van der Waals surface area contributed by atoms with Gasteiger partial charge in [0.05, 0.1) is 0 Å².